The van der Waals surface area contributed by atoms with Gasteiger partial charge in [-0.25, -0.2) is 0 Å². The number of aryl methyl sites for hydroxylation is 1. The van der Waals surface area contributed by atoms with E-state index in [1.54, 1.807) is 11.8 Å². The van der Waals surface area contributed by atoms with Crippen LogP contribution in [0.2, 0.25) is 0 Å². The van der Waals surface area contributed by atoms with Gasteiger partial charge in [-0.15, -0.1) is 22.0 Å². The molecule has 2 aliphatic heterocycles. The number of carbonyl (C=O) groups is 2. The summed E-state index contributed by atoms with van der Waals surface area (Å²) in [7, 11) is 0. The summed E-state index contributed by atoms with van der Waals surface area (Å²) in [5.74, 6) is 0.386. The van der Waals surface area contributed by atoms with E-state index in [2.05, 4.69) is 10.2 Å². The first-order chi connectivity index (χ1) is 9.99. The number of nitrogens with two attached hydrogens (primary N) is 2. The van der Waals surface area contributed by atoms with Gasteiger partial charge in [-0.2, -0.15) is 0 Å². The summed E-state index contributed by atoms with van der Waals surface area (Å²) in [6.45, 7) is 1.89. The van der Waals surface area contributed by atoms with Crippen LogP contribution in [0.15, 0.2) is 15.6 Å². The summed E-state index contributed by atoms with van der Waals surface area (Å²) in [6.07, 6.45) is 0. The first kappa shape index (κ1) is 14.8. The zero-order valence-electron chi connectivity index (χ0n) is 11.1. The molecule has 0 unspecified atom stereocenters. The molecule has 1 fully saturated rings. The predicted octanol–water partition coefficient (Wildman–Crippen LogP) is -0.0796. The molecule has 1 saturated heterocycles. The average Bonchev–Trinajstić information content (AvgIpc) is 2.88. The molecule has 4 N–H and O–H groups in total. The Morgan fingerprint density at radius 3 is 2.90 bits per heavy atom. The Hall–Kier alpha value is -1.10. The van der Waals surface area contributed by atoms with Crippen LogP contribution in [0.3, 0.4) is 0 Å². The second-order valence-corrected chi connectivity index (χ2v) is 8.14. The van der Waals surface area contributed by atoms with Gasteiger partial charge in [0.2, 0.25) is 5.91 Å². The Morgan fingerprint density at radius 2 is 2.29 bits per heavy atom. The Bertz CT molecular complexity index is 644. The Labute approximate surface area is 133 Å². The van der Waals surface area contributed by atoms with Gasteiger partial charge >= 0.3 is 0 Å². The SMILES string of the molecule is Cc1nnc(SCC2=C(C(N)=O)N3C(=O)[C@@H](N)[C@H]3SC2)s1. The van der Waals surface area contributed by atoms with Crippen molar-refractivity contribution in [2.45, 2.75) is 22.7 Å². The number of amides is 2. The van der Waals surface area contributed by atoms with Crippen molar-refractivity contribution in [2.24, 2.45) is 11.5 Å². The number of β-lactam (4-membered cyclic amide) rings is 1. The first-order valence-corrected chi connectivity index (χ1v) is 8.99. The fourth-order valence-corrected chi connectivity index (χ4v) is 5.46. The number of carbonyl (C=O) groups excluding carboxylic acids is 2. The zero-order chi connectivity index (χ0) is 15.1. The molecule has 3 heterocycles. The van der Waals surface area contributed by atoms with E-state index in [1.165, 1.54) is 28.0 Å². The molecular formula is C11H13N5O2S3. The van der Waals surface area contributed by atoms with Gasteiger partial charge in [0.25, 0.3) is 5.91 Å². The van der Waals surface area contributed by atoms with Gasteiger partial charge in [-0.1, -0.05) is 23.1 Å². The van der Waals surface area contributed by atoms with E-state index in [1.807, 2.05) is 6.92 Å². The van der Waals surface area contributed by atoms with Crippen molar-refractivity contribution in [2.75, 3.05) is 11.5 Å². The third-order valence-electron chi connectivity index (χ3n) is 3.20. The molecule has 1 aromatic rings. The van der Waals surface area contributed by atoms with Crippen LogP contribution in [0.25, 0.3) is 0 Å². The largest absolute Gasteiger partial charge is 0.364 e. The summed E-state index contributed by atoms with van der Waals surface area (Å²) >= 11 is 4.55. The minimum atomic E-state index is -0.579. The number of nitrogens with zero attached hydrogens (tertiary/aromatic N) is 3. The van der Waals surface area contributed by atoms with Crippen LogP contribution in [0.4, 0.5) is 0 Å². The van der Waals surface area contributed by atoms with E-state index in [-0.39, 0.29) is 11.3 Å². The van der Waals surface area contributed by atoms with Gasteiger partial charge < -0.3 is 11.5 Å². The fraction of sp³-hybridized carbons (Fsp3) is 0.455. The number of hydrogen-bond donors (Lipinski definition) is 2. The Kier molecular flexibility index (Phi) is 3.95. The highest BCUT2D eigenvalue weighted by Crippen LogP contribution is 2.40. The van der Waals surface area contributed by atoms with Gasteiger partial charge in [0, 0.05) is 11.5 Å². The number of fused-ring (bicyclic) bond motifs is 1. The maximum Gasteiger partial charge on any atom is 0.265 e. The molecule has 2 aliphatic rings. The van der Waals surface area contributed by atoms with E-state index in [9.17, 15) is 9.59 Å². The maximum atomic E-state index is 11.9. The molecule has 0 radical (unpaired) electrons. The molecule has 21 heavy (non-hydrogen) atoms. The van der Waals surface area contributed by atoms with Crippen molar-refractivity contribution in [3.63, 3.8) is 0 Å². The van der Waals surface area contributed by atoms with Gasteiger partial charge in [0.05, 0.1) is 0 Å². The standard InChI is InChI=1S/C11H13N5O2S3/c1-4-14-15-11(21-4)20-3-5-2-19-10-6(12)9(18)16(10)7(5)8(13)17/h6,10H,2-3,12H2,1H3,(H2,13,17)/t6-,10-/m1/s1. The molecule has 10 heteroatoms. The third-order valence-corrected chi connectivity index (χ3v) is 6.62. The molecule has 2 amide bonds. The summed E-state index contributed by atoms with van der Waals surface area (Å²) < 4.78 is 0.836. The van der Waals surface area contributed by atoms with Gasteiger partial charge in [0.15, 0.2) is 4.34 Å². The lowest BCUT2D eigenvalue weighted by Gasteiger charge is -2.48. The number of thioether (sulfide) groups is 2. The van der Waals surface area contributed by atoms with E-state index >= 15 is 0 Å². The lowest BCUT2D eigenvalue weighted by atomic mass is 10.0. The number of primary amides is 1. The van der Waals surface area contributed by atoms with Crippen LogP contribution < -0.4 is 11.5 Å². The molecule has 1 aromatic heterocycles. The topological polar surface area (TPSA) is 115 Å². The van der Waals surface area contributed by atoms with Crippen molar-refractivity contribution in [3.05, 3.63) is 16.3 Å². The summed E-state index contributed by atoms with van der Waals surface area (Å²) in [5.41, 5.74) is 12.3. The third kappa shape index (κ3) is 2.56. The van der Waals surface area contributed by atoms with Crippen molar-refractivity contribution in [1.82, 2.24) is 15.1 Å². The van der Waals surface area contributed by atoms with Crippen LogP contribution in [0.5, 0.6) is 0 Å². The molecular weight excluding hydrogens is 330 g/mol. The molecule has 0 bridgehead atoms. The van der Waals surface area contributed by atoms with Crippen molar-refractivity contribution < 1.29 is 9.59 Å². The van der Waals surface area contributed by atoms with E-state index in [0.717, 1.165) is 14.9 Å². The lowest BCUT2D eigenvalue weighted by molar-refractivity contribution is -0.143. The molecule has 2 atom stereocenters. The lowest BCUT2D eigenvalue weighted by Crippen LogP contribution is -2.68. The number of hydrogen-bond acceptors (Lipinski definition) is 8. The van der Waals surface area contributed by atoms with Gasteiger partial charge in [-0.05, 0) is 12.5 Å². The summed E-state index contributed by atoms with van der Waals surface area (Å²) in [5, 5.41) is 8.70. The van der Waals surface area contributed by atoms with Crippen LogP contribution in [0.1, 0.15) is 5.01 Å². The number of rotatable bonds is 4. The maximum absolute atomic E-state index is 11.9. The second-order valence-electron chi connectivity index (χ2n) is 4.63. The molecule has 3 rings (SSSR count). The van der Waals surface area contributed by atoms with Crippen LogP contribution >= 0.6 is 34.9 Å². The molecule has 112 valence electrons. The van der Waals surface area contributed by atoms with Gasteiger partial charge in [-0.3, -0.25) is 14.5 Å². The first-order valence-electron chi connectivity index (χ1n) is 6.14. The van der Waals surface area contributed by atoms with Crippen molar-refractivity contribution in [3.8, 4) is 0 Å². The van der Waals surface area contributed by atoms with Crippen LogP contribution in [0, 0.1) is 6.92 Å². The van der Waals surface area contributed by atoms with E-state index in [0.29, 0.717) is 17.2 Å². The highest BCUT2D eigenvalue weighted by atomic mass is 32.2. The fourth-order valence-electron chi connectivity index (χ4n) is 2.22. The minimum Gasteiger partial charge on any atom is -0.364 e. The van der Waals surface area contributed by atoms with E-state index in [4.69, 9.17) is 11.5 Å². The quantitative estimate of drug-likeness (QED) is 0.580. The van der Waals surface area contributed by atoms with E-state index < -0.39 is 11.9 Å². The summed E-state index contributed by atoms with van der Waals surface area (Å²) in [6, 6.07) is -0.538. The molecule has 0 saturated carbocycles. The molecule has 7 nitrogen and oxygen atoms in total. The monoisotopic (exact) mass is 343 g/mol. The highest BCUT2D eigenvalue weighted by Gasteiger charge is 2.51. The molecule has 0 spiro atoms. The van der Waals surface area contributed by atoms with Gasteiger partial charge in [0.1, 0.15) is 22.1 Å². The van der Waals surface area contributed by atoms with Crippen LogP contribution in [-0.4, -0.2) is 49.8 Å². The molecule has 0 aliphatic carbocycles. The minimum absolute atomic E-state index is 0.169. The zero-order valence-corrected chi connectivity index (χ0v) is 13.6. The van der Waals surface area contributed by atoms with Crippen molar-refractivity contribution in [1.29, 1.82) is 0 Å². The average molecular weight is 343 g/mol. The molecule has 0 aromatic carbocycles. The second kappa shape index (κ2) is 5.59. The smallest absolute Gasteiger partial charge is 0.265 e. The summed E-state index contributed by atoms with van der Waals surface area (Å²) in [4.78, 5) is 25.0. The normalized spacial score (nSPS) is 24.9. The highest BCUT2D eigenvalue weighted by molar-refractivity contribution is 8.01. The predicted molar refractivity (Wildman–Crippen MR) is 82.7 cm³/mol. The number of aromatic nitrogens is 2. The van der Waals surface area contributed by atoms with Crippen molar-refractivity contribution >= 4 is 46.7 Å². The Balaban J connectivity index is 1.81. The Morgan fingerprint density at radius 1 is 1.52 bits per heavy atom. The van der Waals surface area contributed by atoms with Crippen LogP contribution in [-0.2, 0) is 9.59 Å².